The number of piperidine rings is 1. The molecular formula is C10H19N3O2. The van der Waals surface area contributed by atoms with Gasteiger partial charge < -0.3 is 5.73 Å². The van der Waals surface area contributed by atoms with Crippen molar-refractivity contribution < 1.29 is 9.59 Å². The van der Waals surface area contributed by atoms with Gasteiger partial charge in [-0.3, -0.25) is 14.6 Å². The van der Waals surface area contributed by atoms with Crippen LogP contribution in [0.2, 0.25) is 0 Å². The monoisotopic (exact) mass is 213 g/mol. The predicted octanol–water partition coefficient (Wildman–Crippen LogP) is 0.110. The minimum absolute atomic E-state index is 0.122. The third-order valence-electron chi connectivity index (χ3n) is 2.74. The molecular weight excluding hydrogens is 194 g/mol. The van der Waals surface area contributed by atoms with Gasteiger partial charge in [0.25, 0.3) is 0 Å². The maximum absolute atomic E-state index is 11.5. The van der Waals surface area contributed by atoms with Crippen LogP contribution in [0, 0.1) is 0 Å². The summed E-state index contributed by atoms with van der Waals surface area (Å²) in [7, 11) is 0. The van der Waals surface area contributed by atoms with Crippen LogP contribution in [0.4, 0.5) is 0 Å². The zero-order valence-corrected chi connectivity index (χ0v) is 9.40. The molecule has 5 nitrogen and oxygen atoms in total. The number of primary amides is 1. The summed E-state index contributed by atoms with van der Waals surface area (Å²) < 4.78 is 0. The molecule has 0 aromatic rings. The van der Waals surface area contributed by atoms with Crippen LogP contribution in [0.5, 0.6) is 0 Å². The first-order valence-corrected chi connectivity index (χ1v) is 5.38. The van der Waals surface area contributed by atoms with Crippen molar-refractivity contribution in [3.63, 3.8) is 0 Å². The highest BCUT2D eigenvalue weighted by Crippen LogP contribution is 2.14. The van der Waals surface area contributed by atoms with Crippen molar-refractivity contribution >= 4 is 11.8 Å². The number of hydrogen-bond donors (Lipinski definition) is 1. The van der Waals surface area contributed by atoms with E-state index >= 15 is 0 Å². The van der Waals surface area contributed by atoms with E-state index in [2.05, 4.69) is 0 Å². The fourth-order valence-electron chi connectivity index (χ4n) is 1.93. The molecule has 1 heterocycles. The Morgan fingerprint density at radius 1 is 1.27 bits per heavy atom. The highest BCUT2D eigenvalue weighted by molar-refractivity contribution is 5.85. The van der Waals surface area contributed by atoms with Crippen molar-refractivity contribution in [2.24, 2.45) is 5.73 Å². The Kier molecular flexibility index (Phi) is 4.08. The molecule has 1 saturated heterocycles. The number of carbonyl (C=O) groups is 2. The van der Waals surface area contributed by atoms with Crippen molar-refractivity contribution in [3.8, 4) is 0 Å². The summed E-state index contributed by atoms with van der Waals surface area (Å²) in [6, 6.07) is -0.555. The van der Waals surface area contributed by atoms with Gasteiger partial charge in [0.05, 0.1) is 0 Å². The first-order valence-electron chi connectivity index (χ1n) is 5.38. The molecule has 86 valence electrons. The number of hydrogen-bond acceptors (Lipinski definition) is 3. The standard InChI is InChI=1S/C10H19N3O2/c1-8(10(11)15)13(9(2)14)12-6-4-3-5-7-12/h8H,3-7H2,1-2H3,(H2,11,15). The molecule has 1 aliphatic rings. The van der Waals surface area contributed by atoms with Crippen molar-refractivity contribution in [1.29, 1.82) is 0 Å². The molecule has 0 aromatic heterocycles. The lowest BCUT2D eigenvalue weighted by molar-refractivity contribution is -0.159. The molecule has 5 heteroatoms. The molecule has 0 saturated carbocycles. The topological polar surface area (TPSA) is 66.6 Å². The molecule has 1 aliphatic heterocycles. The lowest BCUT2D eigenvalue weighted by Crippen LogP contribution is -2.56. The second kappa shape index (κ2) is 5.11. The number of rotatable bonds is 3. The Balaban J connectivity index is 2.71. The lowest BCUT2D eigenvalue weighted by Gasteiger charge is -2.39. The van der Waals surface area contributed by atoms with Gasteiger partial charge in [0, 0.05) is 20.0 Å². The quantitative estimate of drug-likeness (QED) is 0.723. The number of nitrogens with zero attached hydrogens (tertiary/aromatic N) is 2. The van der Waals surface area contributed by atoms with Crippen LogP contribution >= 0.6 is 0 Å². The van der Waals surface area contributed by atoms with E-state index < -0.39 is 11.9 Å². The van der Waals surface area contributed by atoms with Gasteiger partial charge in [-0.2, -0.15) is 0 Å². The zero-order valence-electron chi connectivity index (χ0n) is 9.40. The normalized spacial score (nSPS) is 19.6. The minimum Gasteiger partial charge on any atom is -0.368 e. The number of hydrazine groups is 1. The molecule has 0 aliphatic carbocycles. The summed E-state index contributed by atoms with van der Waals surface area (Å²) >= 11 is 0. The fraction of sp³-hybridized carbons (Fsp3) is 0.800. The fourth-order valence-corrected chi connectivity index (χ4v) is 1.93. The summed E-state index contributed by atoms with van der Waals surface area (Å²) in [4.78, 5) is 22.6. The smallest absolute Gasteiger partial charge is 0.241 e. The van der Waals surface area contributed by atoms with Gasteiger partial charge in [0.15, 0.2) is 0 Å². The number of amides is 2. The summed E-state index contributed by atoms with van der Waals surface area (Å²) in [5.41, 5.74) is 5.22. The van der Waals surface area contributed by atoms with Gasteiger partial charge in [-0.1, -0.05) is 6.42 Å². The molecule has 1 unspecified atom stereocenters. The van der Waals surface area contributed by atoms with E-state index in [9.17, 15) is 9.59 Å². The van der Waals surface area contributed by atoms with Gasteiger partial charge in [0.2, 0.25) is 11.8 Å². The predicted molar refractivity (Wildman–Crippen MR) is 56.6 cm³/mol. The van der Waals surface area contributed by atoms with Gasteiger partial charge in [-0.15, -0.1) is 0 Å². The van der Waals surface area contributed by atoms with Crippen LogP contribution in [-0.4, -0.2) is 41.0 Å². The Labute approximate surface area is 90.2 Å². The molecule has 2 amide bonds. The van der Waals surface area contributed by atoms with E-state index in [0.717, 1.165) is 25.9 Å². The zero-order chi connectivity index (χ0) is 11.4. The van der Waals surface area contributed by atoms with E-state index in [1.165, 1.54) is 18.4 Å². The molecule has 2 N–H and O–H groups in total. The maximum Gasteiger partial charge on any atom is 0.241 e. The molecule has 1 atom stereocenters. The molecule has 1 rings (SSSR count). The second-order valence-electron chi connectivity index (χ2n) is 3.96. The number of carbonyl (C=O) groups excluding carboxylic acids is 2. The average Bonchev–Trinajstić information content (AvgIpc) is 2.18. The molecule has 1 fully saturated rings. The molecule has 0 spiro atoms. The third kappa shape index (κ3) is 2.92. The number of nitrogens with two attached hydrogens (primary N) is 1. The third-order valence-corrected chi connectivity index (χ3v) is 2.74. The van der Waals surface area contributed by atoms with Crippen LogP contribution in [0.3, 0.4) is 0 Å². The summed E-state index contributed by atoms with van der Waals surface area (Å²) in [6.07, 6.45) is 3.32. The second-order valence-corrected chi connectivity index (χ2v) is 3.96. The van der Waals surface area contributed by atoms with Crippen LogP contribution in [0.15, 0.2) is 0 Å². The Morgan fingerprint density at radius 2 is 1.80 bits per heavy atom. The average molecular weight is 213 g/mol. The van der Waals surface area contributed by atoms with Crippen LogP contribution in [0.25, 0.3) is 0 Å². The summed E-state index contributed by atoms with van der Waals surface area (Å²) in [6.45, 7) is 4.79. The highest BCUT2D eigenvalue weighted by Gasteiger charge is 2.28. The summed E-state index contributed by atoms with van der Waals surface area (Å²) in [5, 5.41) is 3.42. The van der Waals surface area contributed by atoms with Gasteiger partial charge in [-0.25, -0.2) is 5.01 Å². The highest BCUT2D eigenvalue weighted by atomic mass is 16.2. The Morgan fingerprint density at radius 3 is 2.20 bits per heavy atom. The first kappa shape index (κ1) is 12.0. The van der Waals surface area contributed by atoms with Crippen molar-refractivity contribution in [2.75, 3.05) is 13.1 Å². The SMILES string of the molecule is CC(=O)N(C(C)C(N)=O)N1CCCCC1. The molecule has 0 aromatic carbocycles. The minimum atomic E-state index is -0.555. The Hall–Kier alpha value is -1.10. The van der Waals surface area contributed by atoms with Gasteiger partial charge >= 0.3 is 0 Å². The van der Waals surface area contributed by atoms with Crippen molar-refractivity contribution in [1.82, 2.24) is 10.0 Å². The van der Waals surface area contributed by atoms with E-state index in [1.54, 1.807) is 6.92 Å². The van der Waals surface area contributed by atoms with E-state index in [-0.39, 0.29) is 5.91 Å². The van der Waals surface area contributed by atoms with Crippen molar-refractivity contribution in [3.05, 3.63) is 0 Å². The van der Waals surface area contributed by atoms with Crippen LogP contribution in [-0.2, 0) is 9.59 Å². The van der Waals surface area contributed by atoms with E-state index in [0.29, 0.717) is 0 Å². The largest absolute Gasteiger partial charge is 0.368 e. The Bertz CT molecular complexity index is 249. The van der Waals surface area contributed by atoms with E-state index in [1.807, 2.05) is 5.01 Å². The lowest BCUT2D eigenvalue weighted by atomic mass is 10.1. The maximum atomic E-state index is 11.5. The van der Waals surface area contributed by atoms with Crippen LogP contribution in [0.1, 0.15) is 33.1 Å². The molecule has 0 radical (unpaired) electrons. The van der Waals surface area contributed by atoms with E-state index in [4.69, 9.17) is 5.73 Å². The molecule has 15 heavy (non-hydrogen) atoms. The van der Waals surface area contributed by atoms with Crippen molar-refractivity contribution in [2.45, 2.75) is 39.2 Å². The van der Waals surface area contributed by atoms with Gasteiger partial charge in [-0.05, 0) is 19.8 Å². The van der Waals surface area contributed by atoms with Crippen LogP contribution < -0.4 is 5.73 Å². The first-order chi connectivity index (χ1) is 7.04. The van der Waals surface area contributed by atoms with Gasteiger partial charge in [0.1, 0.15) is 6.04 Å². The molecule has 0 bridgehead atoms. The summed E-state index contributed by atoms with van der Waals surface area (Å²) in [5.74, 6) is -0.584.